The van der Waals surface area contributed by atoms with Crippen LogP contribution in [0.5, 0.6) is 0 Å². The monoisotopic (exact) mass is 310 g/mol. The highest BCUT2D eigenvalue weighted by Crippen LogP contribution is 2.17. The van der Waals surface area contributed by atoms with Gasteiger partial charge in [0.25, 0.3) is 5.91 Å². The van der Waals surface area contributed by atoms with Crippen molar-refractivity contribution in [2.24, 2.45) is 5.92 Å². The van der Waals surface area contributed by atoms with E-state index in [0.29, 0.717) is 16.9 Å². The van der Waals surface area contributed by atoms with Crippen molar-refractivity contribution in [3.05, 3.63) is 59.2 Å². The number of carbonyl (C=O) groups is 2. The van der Waals surface area contributed by atoms with Crippen molar-refractivity contribution in [3.63, 3.8) is 0 Å². The number of amides is 2. The van der Waals surface area contributed by atoms with Gasteiger partial charge in [-0.3, -0.25) is 9.59 Å². The summed E-state index contributed by atoms with van der Waals surface area (Å²) in [7, 11) is 0. The predicted octanol–water partition coefficient (Wildman–Crippen LogP) is 4.15. The van der Waals surface area contributed by atoms with Gasteiger partial charge in [0, 0.05) is 22.9 Å². The third-order valence-corrected chi connectivity index (χ3v) is 3.57. The van der Waals surface area contributed by atoms with Crippen molar-refractivity contribution in [2.75, 3.05) is 10.6 Å². The maximum atomic E-state index is 12.4. The minimum atomic E-state index is -0.134. The normalized spacial score (nSPS) is 10.5. The Kier molecular flexibility index (Phi) is 5.16. The maximum absolute atomic E-state index is 12.4. The van der Waals surface area contributed by atoms with Crippen LogP contribution in [0.3, 0.4) is 0 Å². The van der Waals surface area contributed by atoms with Crippen LogP contribution in [0.15, 0.2) is 42.5 Å². The van der Waals surface area contributed by atoms with Gasteiger partial charge >= 0.3 is 0 Å². The fourth-order valence-electron chi connectivity index (χ4n) is 2.10. The van der Waals surface area contributed by atoms with Crippen LogP contribution in [0.25, 0.3) is 0 Å². The Morgan fingerprint density at radius 1 is 0.870 bits per heavy atom. The van der Waals surface area contributed by atoms with Crippen molar-refractivity contribution in [1.29, 1.82) is 0 Å². The molecule has 2 amide bonds. The second-order valence-electron chi connectivity index (χ2n) is 5.99. The van der Waals surface area contributed by atoms with Gasteiger partial charge in [-0.1, -0.05) is 31.5 Å². The van der Waals surface area contributed by atoms with Crippen LogP contribution < -0.4 is 10.6 Å². The summed E-state index contributed by atoms with van der Waals surface area (Å²) >= 11 is 0. The third kappa shape index (κ3) is 4.42. The molecular formula is C19H22N2O2. The molecule has 2 N–H and O–H groups in total. The maximum Gasteiger partial charge on any atom is 0.255 e. The van der Waals surface area contributed by atoms with E-state index in [9.17, 15) is 9.59 Å². The molecule has 2 aromatic carbocycles. The van der Waals surface area contributed by atoms with Crippen LogP contribution in [0.1, 0.15) is 35.3 Å². The lowest BCUT2D eigenvalue weighted by Gasteiger charge is -2.10. The number of carbonyl (C=O) groups excluding carboxylic acids is 2. The van der Waals surface area contributed by atoms with Gasteiger partial charge < -0.3 is 10.6 Å². The lowest BCUT2D eigenvalue weighted by molar-refractivity contribution is -0.118. The van der Waals surface area contributed by atoms with Crippen molar-refractivity contribution < 1.29 is 9.59 Å². The van der Waals surface area contributed by atoms with Crippen LogP contribution in [-0.2, 0) is 4.79 Å². The first kappa shape index (κ1) is 16.7. The second kappa shape index (κ2) is 7.09. The van der Waals surface area contributed by atoms with Crippen LogP contribution >= 0.6 is 0 Å². The molecule has 0 aliphatic heterocycles. The fourth-order valence-corrected chi connectivity index (χ4v) is 2.10. The highest BCUT2D eigenvalue weighted by atomic mass is 16.2. The van der Waals surface area contributed by atoms with Crippen LogP contribution in [-0.4, -0.2) is 11.8 Å². The van der Waals surface area contributed by atoms with Crippen molar-refractivity contribution >= 4 is 23.2 Å². The molecule has 120 valence electrons. The first-order valence-corrected chi connectivity index (χ1v) is 7.66. The molecule has 2 aromatic rings. The second-order valence-corrected chi connectivity index (χ2v) is 5.99. The molecule has 2 rings (SSSR count). The fraction of sp³-hybridized carbons (Fsp3) is 0.263. The average Bonchev–Trinajstić information content (AvgIpc) is 2.51. The Morgan fingerprint density at radius 3 is 2.00 bits per heavy atom. The predicted molar refractivity (Wildman–Crippen MR) is 93.8 cm³/mol. The van der Waals surface area contributed by atoms with Gasteiger partial charge in [-0.25, -0.2) is 0 Å². The Labute approximate surface area is 136 Å². The van der Waals surface area contributed by atoms with E-state index in [0.717, 1.165) is 11.1 Å². The largest absolute Gasteiger partial charge is 0.326 e. The zero-order valence-electron chi connectivity index (χ0n) is 13.9. The first-order chi connectivity index (χ1) is 10.9. The topological polar surface area (TPSA) is 58.2 Å². The number of aryl methyl sites for hydroxylation is 2. The summed E-state index contributed by atoms with van der Waals surface area (Å²) in [6.07, 6.45) is 0. The van der Waals surface area contributed by atoms with Crippen molar-refractivity contribution in [1.82, 2.24) is 0 Å². The minimum Gasteiger partial charge on any atom is -0.326 e. The Morgan fingerprint density at radius 2 is 1.43 bits per heavy atom. The van der Waals surface area contributed by atoms with Crippen molar-refractivity contribution in [2.45, 2.75) is 27.7 Å². The van der Waals surface area contributed by atoms with Gasteiger partial charge in [-0.15, -0.1) is 0 Å². The van der Waals surface area contributed by atoms with Gasteiger partial charge in [0.1, 0.15) is 0 Å². The molecule has 0 spiro atoms. The molecule has 0 fully saturated rings. The molecule has 0 saturated carbocycles. The summed E-state index contributed by atoms with van der Waals surface area (Å²) in [5, 5.41) is 5.70. The van der Waals surface area contributed by atoms with Crippen LogP contribution in [0.4, 0.5) is 11.4 Å². The summed E-state index contributed by atoms with van der Waals surface area (Å²) in [5.41, 5.74) is 4.07. The van der Waals surface area contributed by atoms with Gasteiger partial charge in [0.05, 0.1) is 0 Å². The Balaban J connectivity index is 2.07. The molecule has 0 aliphatic carbocycles. The van der Waals surface area contributed by atoms with E-state index in [1.165, 1.54) is 0 Å². The highest BCUT2D eigenvalue weighted by Gasteiger charge is 2.10. The molecule has 0 atom stereocenters. The lowest BCUT2D eigenvalue weighted by atomic mass is 10.0. The number of nitrogens with one attached hydrogen (secondary N) is 2. The molecular weight excluding hydrogens is 288 g/mol. The van der Waals surface area contributed by atoms with E-state index in [-0.39, 0.29) is 17.7 Å². The number of anilines is 2. The molecule has 0 radical (unpaired) electrons. The van der Waals surface area contributed by atoms with Gasteiger partial charge in [0.2, 0.25) is 5.91 Å². The smallest absolute Gasteiger partial charge is 0.255 e. The number of hydrogen-bond donors (Lipinski definition) is 2. The van der Waals surface area contributed by atoms with E-state index in [4.69, 9.17) is 0 Å². The average molecular weight is 310 g/mol. The van der Waals surface area contributed by atoms with Crippen LogP contribution in [0, 0.1) is 19.8 Å². The zero-order chi connectivity index (χ0) is 17.0. The molecule has 0 heterocycles. The molecule has 4 heteroatoms. The lowest BCUT2D eigenvalue weighted by Crippen LogP contribution is -2.17. The van der Waals surface area contributed by atoms with Gasteiger partial charge in [0.15, 0.2) is 0 Å². The summed E-state index contributed by atoms with van der Waals surface area (Å²) in [5.74, 6) is -0.235. The number of rotatable bonds is 4. The van der Waals surface area contributed by atoms with Crippen molar-refractivity contribution in [3.8, 4) is 0 Å². The van der Waals surface area contributed by atoms with Gasteiger partial charge in [-0.05, 0) is 49.7 Å². The number of hydrogen-bond acceptors (Lipinski definition) is 2. The highest BCUT2D eigenvalue weighted by molar-refractivity contribution is 6.05. The third-order valence-electron chi connectivity index (χ3n) is 3.57. The molecule has 0 bridgehead atoms. The van der Waals surface area contributed by atoms with E-state index < -0.39 is 0 Å². The SMILES string of the molecule is Cc1ccc(C)c(C(=O)Nc2ccc(NC(=O)C(C)C)cc2)c1. The van der Waals surface area contributed by atoms with E-state index >= 15 is 0 Å². The molecule has 23 heavy (non-hydrogen) atoms. The molecule has 0 unspecified atom stereocenters. The quantitative estimate of drug-likeness (QED) is 0.891. The van der Waals surface area contributed by atoms with Crippen LogP contribution in [0.2, 0.25) is 0 Å². The molecule has 0 aliphatic rings. The molecule has 0 aromatic heterocycles. The van der Waals surface area contributed by atoms with Gasteiger partial charge in [-0.2, -0.15) is 0 Å². The van der Waals surface area contributed by atoms with E-state index in [2.05, 4.69) is 10.6 Å². The van der Waals surface area contributed by atoms with E-state index in [1.54, 1.807) is 24.3 Å². The number of benzene rings is 2. The summed E-state index contributed by atoms with van der Waals surface area (Å²) in [6.45, 7) is 7.56. The summed E-state index contributed by atoms with van der Waals surface area (Å²) < 4.78 is 0. The summed E-state index contributed by atoms with van der Waals surface area (Å²) in [4.78, 5) is 24.0. The molecule has 0 saturated heterocycles. The Hall–Kier alpha value is -2.62. The Bertz CT molecular complexity index is 719. The first-order valence-electron chi connectivity index (χ1n) is 7.66. The summed E-state index contributed by atoms with van der Waals surface area (Å²) in [6, 6.07) is 12.9. The zero-order valence-corrected chi connectivity index (χ0v) is 13.9. The standard InChI is InChI=1S/C19H22N2O2/c1-12(2)18(22)20-15-7-9-16(10-8-15)21-19(23)17-11-13(3)5-6-14(17)4/h5-12H,1-4H3,(H,20,22)(H,21,23). The minimum absolute atomic E-state index is 0.0304. The van der Waals surface area contributed by atoms with E-state index in [1.807, 2.05) is 45.9 Å². The molecule has 4 nitrogen and oxygen atoms in total.